The van der Waals surface area contributed by atoms with Gasteiger partial charge in [-0.05, 0) is 29.8 Å². The molecule has 0 saturated carbocycles. The molecule has 3 rings (SSSR count). The number of hydrogen-bond donors (Lipinski definition) is 0. The Kier molecular flexibility index (Phi) is 6.95. The van der Waals surface area contributed by atoms with Crippen molar-refractivity contribution in [1.29, 1.82) is 0 Å². The smallest absolute Gasteiger partial charge is 0.246 e. The van der Waals surface area contributed by atoms with Gasteiger partial charge in [0.2, 0.25) is 17.5 Å². The second-order valence-electron chi connectivity index (χ2n) is 6.54. The number of carbonyl (C=O) groups excluding carboxylic acids is 1. The zero-order valence-corrected chi connectivity index (χ0v) is 17.6. The Morgan fingerprint density at radius 2 is 1.57 bits per heavy atom. The van der Waals surface area contributed by atoms with Crippen LogP contribution in [-0.2, 0) is 4.79 Å². The van der Waals surface area contributed by atoms with Crippen LogP contribution in [0.3, 0.4) is 0 Å². The summed E-state index contributed by atoms with van der Waals surface area (Å²) in [5.74, 6) is 2.79. The van der Waals surface area contributed by atoms with Gasteiger partial charge in [0.05, 0.1) is 28.4 Å². The molecule has 1 aliphatic heterocycles. The van der Waals surface area contributed by atoms with Crippen LogP contribution in [0.5, 0.6) is 23.1 Å². The Morgan fingerprint density at radius 3 is 2.07 bits per heavy atom. The molecule has 30 heavy (non-hydrogen) atoms. The average Bonchev–Trinajstić information content (AvgIpc) is 2.81. The quantitative estimate of drug-likeness (QED) is 0.635. The number of aromatic nitrogens is 2. The van der Waals surface area contributed by atoms with Crippen LogP contribution >= 0.6 is 0 Å². The molecule has 1 aliphatic rings. The molecule has 2 aromatic rings. The van der Waals surface area contributed by atoms with Crippen LogP contribution in [0.25, 0.3) is 6.08 Å². The van der Waals surface area contributed by atoms with Crippen molar-refractivity contribution in [2.45, 2.75) is 0 Å². The summed E-state index contributed by atoms with van der Waals surface area (Å²) in [5, 5.41) is 8.16. The van der Waals surface area contributed by atoms with E-state index in [4.69, 9.17) is 18.9 Å². The monoisotopic (exact) mass is 414 g/mol. The molecule has 0 unspecified atom stereocenters. The molecule has 2 heterocycles. The lowest BCUT2D eigenvalue weighted by Gasteiger charge is -2.34. The van der Waals surface area contributed by atoms with Crippen molar-refractivity contribution < 1.29 is 23.7 Å². The molecule has 1 fully saturated rings. The number of ether oxygens (including phenoxy) is 4. The van der Waals surface area contributed by atoms with Crippen LogP contribution in [0.15, 0.2) is 30.3 Å². The molecule has 0 atom stereocenters. The van der Waals surface area contributed by atoms with Crippen LogP contribution in [0.2, 0.25) is 0 Å². The molecule has 1 aromatic heterocycles. The molecule has 0 spiro atoms. The predicted octanol–water partition coefficient (Wildman–Crippen LogP) is 1.87. The molecule has 1 saturated heterocycles. The lowest BCUT2D eigenvalue weighted by Crippen LogP contribution is -2.48. The van der Waals surface area contributed by atoms with Gasteiger partial charge in [0.15, 0.2) is 17.3 Å². The summed E-state index contributed by atoms with van der Waals surface area (Å²) >= 11 is 0. The standard InChI is InChI=1S/C21H26N4O5/c1-27-16-13-15(14-17(28-2)21(16)30-4)5-8-20(26)25-11-9-24(10-12-25)18-6-7-19(29-3)23-22-18/h5-8,13-14H,9-12H2,1-4H3/b8-5+. The van der Waals surface area contributed by atoms with Crippen LogP contribution in [0.4, 0.5) is 5.82 Å². The zero-order valence-electron chi connectivity index (χ0n) is 17.6. The van der Waals surface area contributed by atoms with Crippen molar-refractivity contribution in [3.8, 4) is 23.1 Å². The second kappa shape index (κ2) is 9.82. The van der Waals surface area contributed by atoms with E-state index in [1.165, 1.54) is 0 Å². The maximum atomic E-state index is 12.6. The minimum Gasteiger partial charge on any atom is -0.493 e. The van der Waals surface area contributed by atoms with Gasteiger partial charge in [0, 0.05) is 38.3 Å². The summed E-state index contributed by atoms with van der Waals surface area (Å²) in [5.41, 5.74) is 0.782. The average molecular weight is 414 g/mol. The molecule has 1 amide bonds. The van der Waals surface area contributed by atoms with E-state index in [9.17, 15) is 4.79 Å². The summed E-state index contributed by atoms with van der Waals surface area (Å²) in [6.45, 7) is 2.58. The zero-order chi connectivity index (χ0) is 21.5. The molecule has 0 radical (unpaired) electrons. The van der Waals surface area contributed by atoms with Crippen LogP contribution < -0.4 is 23.8 Å². The highest BCUT2D eigenvalue weighted by molar-refractivity contribution is 5.92. The first-order chi connectivity index (χ1) is 14.6. The van der Waals surface area contributed by atoms with E-state index in [0.717, 1.165) is 11.4 Å². The molecule has 9 heteroatoms. The SMILES string of the molecule is COc1ccc(N2CCN(C(=O)/C=C/c3cc(OC)c(OC)c(OC)c3)CC2)nn1. The molecular weight excluding hydrogens is 388 g/mol. The van der Waals surface area contributed by atoms with Gasteiger partial charge >= 0.3 is 0 Å². The summed E-state index contributed by atoms with van der Waals surface area (Å²) in [6, 6.07) is 7.24. The first-order valence-electron chi connectivity index (χ1n) is 9.49. The van der Waals surface area contributed by atoms with E-state index in [1.807, 2.05) is 11.0 Å². The molecule has 1 aromatic carbocycles. The van der Waals surface area contributed by atoms with Gasteiger partial charge in [-0.3, -0.25) is 4.79 Å². The molecule has 160 valence electrons. The largest absolute Gasteiger partial charge is 0.493 e. The van der Waals surface area contributed by atoms with Gasteiger partial charge in [-0.2, -0.15) is 0 Å². The Morgan fingerprint density at radius 1 is 0.900 bits per heavy atom. The summed E-state index contributed by atoms with van der Waals surface area (Å²) in [6.07, 6.45) is 3.30. The van der Waals surface area contributed by atoms with Gasteiger partial charge in [-0.15, -0.1) is 10.2 Å². The van der Waals surface area contributed by atoms with Crippen molar-refractivity contribution in [3.63, 3.8) is 0 Å². The lowest BCUT2D eigenvalue weighted by molar-refractivity contribution is -0.126. The fourth-order valence-electron chi connectivity index (χ4n) is 3.22. The number of piperazine rings is 1. The number of rotatable bonds is 7. The Balaban J connectivity index is 1.62. The summed E-state index contributed by atoms with van der Waals surface area (Å²) < 4.78 is 21.1. The number of amides is 1. The summed E-state index contributed by atoms with van der Waals surface area (Å²) in [4.78, 5) is 16.5. The fraction of sp³-hybridized carbons (Fsp3) is 0.381. The van der Waals surface area contributed by atoms with Crippen molar-refractivity contribution >= 4 is 17.8 Å². The molecule has 0 aliphatic carbocycles. The highest BCUT2D eigenvalue weighted by atomic mass is 16.5. The van der Waals surface area contributed by atoms with Crippen LogP contribution in [0, 0.1) is 0 Å². The minimum atomic E-state index is -0.0517. The molecule has 9 nitrogen and oxygen atoms in total. The lowest BCUT2D eigenvalue weighted by atomic mass is 10.1. The van der Waals surface area contributed by atoms with E-state index < -0.39 is 0 Å². The van der Waals surface area contributed by atoms with Crippen molar-refractivity contribution in [2.24, 2.45) is 0 Å². The van der Waals surface area contributed by atoms with Crippen LogP contribution in [-0.4, -0.2) is 75.6 Å². The van der Waals surface area contributed by atoms with E-state index >= 15 is 0 Å². The maximum Gasteiger partial charge on any atom is 0.246 e. The van der Waals surface area contributed by atoms with Gasteiger partial charge < -0.3 is 28.7 Å². The highest BCUT2D eigenvalue weighted by Crippen LogP contribution is 2.38. The van der Waals surface area contributed by atoms with Gasteiger partial charge in [0.25, 0.3) is 0 Å². The Bertz CT molecular complexity index is 868. The summed E-state index contributed by atoms with van der Waals surface area (Å²) in [7, 11) is 6.22. The molecule has 0 bridgehead atoms. The number of nitrogens with zero attached hydrogens (tertiary/aromatic N) is 4. The predicted molar refractivity (Wildman–Crippen MR) is 113 cm³/mol. The first kappa shape index (κ1) is 21.2. The van der Waals surface area contributed by atoms with E-state index in [-0.39, 0.29) is 5.91 Å². The molecular formula is C21H26N4O5. The third-order valence-corrected chi connectivity index (χ3v) is 4.86. The number of hydrogen-bond acceptors (Lipinski definition) is 8. The fourth-order valence-corrected chi connectivity index (χ4v) is 3.22. The first-order valence-corrected chi connectivity index (χ1v) is 9.49. The topological polar surface area (TPSA) is 86.3 Å². The second-order valence-corrected chi connectivity index (χ2v) is 6.54. The van der Waals surface area contributed by atoms with E-state index in [0.29, 0.717) is 49.3 Å². The number of methoxy groups -OCH3 is 4. The molecule has 0 N–H and O–H groups in total. The van der Waals surface area contributed by atoms with Crippen molar-refractivity contribution in [1.82, 2.24) is 15.1 Å². The minimum absolute atomic E-state index is 0.0517. The van der Waals surface area contributed by atoms with E-state index in [2.05, 4.69) is 15.1 Å². The Labute approximate surface area is 175 Å². The normalized spacial score (nSPS) is 14.0. The van der Waals surface area contributed by atoms with E-state index in [1.54, 1.807) is 58.8 Å². The van der Waals surface area contributed by atoms with Crippen molar-refractivity contribution in [3.05, 3.63) is 35.9 Å². The number of anilines is 1. The van der Waals surface area contributed by atoms with Gasteiger partial charge in [0.1, 0.15) is 0 Å². The van der Waals surface area contributed by atoms with Crippen molar-refractivity contribution in [2.75, 3.05) is 59.5 Å². The third-order valence-electron chi connectivity index (χ3n) is 4.86. The number of benzene rings is 1. The van der Waals surface area contributed by atoms with Crippen LogP contribution in [0.1, 0.15) is 5.56 Å². The Hall–Kier alpha value is -3.49. The highest BCUT2D eigenvalue weighted by Gasteiger charge is 2.21. The number of carbonyl (C=O) groups is 1. The third kappa shape index (κ3) is 4.73. The van der Waals surface area contributed by atoms with Gasteiger partial charge in [-0.1, -0.05) is 0 Å². The van der Waals surface area contributed by atoms with Gasteiger partial charge in [-0.25, -0.2) is 0 Å². The maximum absolute atomic E-state index is 12.6.